The van der Waals surface area contributed by atoms with Gasteiger partial charge in [0, 0.05) is 55.1 Å². The van der Waals surface area contributed by atoms with Crippen LogP contribution in [0.4, 0.5) is 4.39 Å². The van der Waals surface area contributed by atoms with Gasteiger partial charge in [-0.05, 0) is 99.8 Å². The number of piperazine rings is 1. The summed E-state index contributed by atoms with van der Waals surface area (Å²) < 4.78 is 47.1. The number of hydrogen-bond donors (Lipinski definition) is 0. The zero-order chi connectivity index (χ0) is 43.7. The van der Waals surface area contributed by atoms with Gasteiger partial charge in [-0.2, -0.15) is 0 Å². The van der Waals surface area contributed by atoms with E-state index in [4.69, 9.17) is 51.9 Å². The van der Waals surface area contributed by atoms with E-state index in [1.807, 2.05) is 83.1 Å². The molecule has 3 aliphatic rings. The Balaban J connectivity index is 1.33. The quantitative estimate of drug-likeness (QED) is 0.144. The molecule has 3 aliphatic heterocycles. The lowest BCUT2D eigenvalue weighted by Crippen LogP contribution is -2.49. The third-order valence-electron chi connectivity index (χ3n) is 11.0. The Bertz CT molecular complexity index is 2550. The topological polar surface area (TPSA) is 95.5 Å². The molecule has 1 fully saturated rings. The van der Waals surface area contributed by atoms with Gasteiger partial charge in [-0.1, -0.05) is 65.7 Å². The molecule has 14 heteroatoms. The molecule has 0 aliphatic carbocycles. The molecule has 6 aromatic rings. The van der Waals surface area contributed by atoms with Gasteiger partial charge >= 0.3 is 5.97 Å². The summed E-state index contributed by atoms with van der Waals surface area (Å²) in [5, 5.41) is 1.20. The standard InChI is InChI=1S/C48H49Cl2FN4O6S/c1-28-38-29(2)42(50)43(41(28)49)59-35(24-55-20-18-54(6)19-21-55)26-57-34-16-17-36(58-25-30-10-8-7-9-11-30)32(22-34)23-37(47(56)61-48(3,4)5)60-45-40-39(38)44(62-46(40)53-27-52-45)31-12-14-33(51)15-13-31/h7-17,22,27,35,37H,18-21,23-26H2,1-6H3/t35-,37-/m1/s1. The Morgan fingerprint density at radius 3 is 2.32 bits per heavy atom. The summed E-state index contributed by atoms with van der Waals surface area (Å²) in [5.74, 6) is 0.620. The molecule has 10 nitrogen and oxygen atoms in total. The molecule has 5 heterocycles. The van der Waals surface area contributed by atoms with Crippen LogP contribution in [0.1, 0.15) is 43.0 Å². The third-order valence-corrected chi connectivity index (χ3v) is 13.1. The molecule has 0 spiro atoms. The second-order valence-corrected chi connectivity index (χ2v) is 18.6. The number of ether oxygens (including phenoxy) is 5. The number of fused-ring (bicyclic) bond motifs is 7. The minimum absolute atomic E-state index is 0.0389. The zero-order valence-corrected chi connectivity index (χ0v) is 37.9. The average Bonchev–Trinajstić information content (AvgIpc) is 3.63. The number of likely N-dealkylation sites (N-methyl/N-ethyl adjacent to an activating group) is 1. The lowest BCUT2D eigenvalue weighted by atomic mass is 9.92. The second-order valence-electron chi connectivity index (χ2n) is 16.8. The van der Waals surface area contributed by atoms with Crippen molar-refractivity contribution < 1.29 is 32.9 Å². The second kappa shape index (κ2) is 18.4. The summed E-state index contributed by atoms with van der Waals surface area (Å²) in [7, 11) is 2.12. The van der Waals surface area contributed by atoms with Crippen LogP contribution >= 0.6 is 34.5 Å². The number of hydrogen-bond acceptors (Lipinski definition) is 11. The van der Waals surface area contributed by atoms with Crippen LogP contribution < -0.4 is 18.9 Å². The largest absolute Gasteiger partial charge is 0.490 e. The van der Waals surface area contributed by atoms with Crippen LogP contribution in [0.2, 0.25) is 10.0 Å². The Labute approximate surface area is 375 Å². The van der Waals surface area contributed by atoms with Crippen molar-refractivity contribution in [2.24, 2.45) is 0 Å². The van der Waals surface area contributed by atoms with Crippen molar-refractivity contribution in [1.29, 1.82) is 0 Å². The van der Waals surface area contributed by atoms with E-state index in [0.29, 0.717) is 78.5 Å². The number of aromatic nitrogens is 2. The summed E-state index contributed by atoms with van der Waals surface area (Å²) in [6, 6.07) is 21.7. The van der Waals surface area contributed by atoms with E-state index >= 15 is 0 Å². The highest BCUT2D eigenvalue weighted by Gasteiger charge is 2.34. The minimum Gasteiger partial charge on any atom is -0.490 e. The molecular formula is C48H49Cl2FN4O6S. The van der Waals surface area contributed by atoms with Crippen LogP contribution in [-0.2, 0) is 22.6 Å². The van der Waals surface area contributed by atoms with Gasteiger partial charge in [0.05, 0.1) is 15.4 Å². The van der Waals surface area contributed by atoms with E-state index < -0.39 is 23.8 Å². The van der Waals surface area contributed by atoms with Crippen LogP contribution in [0.3, 0.4) is 0 Å². The van der Waals surface area contributed by atoms with E-state index in [9.17, 15) is 9.18 Å². The molecule has 324 valence electrons. The average molecular weight is 900 g/mol. The lowest BCUT2D eigenvalue weighted by Gasteiger charge is -2.35. The van der Waals surface area contributed by atoms with Gasteiger partial charge in [0.15, 0.2) is 5.75 Å². The van der Waals surface area contributed by atoms with E-state index in [1.54, 1.807) is 12.1 Å². The van der Waals surface area contributed by atoms with Gasteiger partial charge in [-0.25, -0.2) is 19.2 Å². The molecule has 0 saturated carbocycles. The maximum atomic E-state index is 14.4. The SMILES string of the molecule is Cc1c(Cl)c2c(Cl)c(C)c1-c1c(-c3ccc(F)cc3)sc3ncnc(c13)O[C@@H](C(=O)OC(C)(C)C)Cc1cc(ccc1OCc1ccccc1)OC[C@@H](CN1CCN(C)CC1)O2. The Morgan fingerprint density at radius 2 is 1.63 bits per heavy atom. The summed E-state index contributed by atoms with van der Waals surface area (Å²) in [4.78, 5) is 29.7. The summed E-state index contributed by atoms with van der Waals surface area (Å²) in [6.45, 7) is 13.9. The minimum atomic E-state index is -1.20. The van der Waals surface area contributed by atoms with Gasteiger partial charge in [0.1, 0.15) is 53.4 Å². The van der Waals surface area contributed by atoms with Crippen molar-refractivity contribution in [3.63, 3.8) is 0 Å². The van der Waals surface area contributed by atoms with Crippen molar-refractivity contribution in [2.75, 3.05) is 46.4 Å². The van der Waals surface area contributed by atoms with Crippen LogP contribution in [0.5, 0.6) is 23.1 Å². The molecule has 2 atom stereocenters. The third kappa shape index (κ3) is 9.65. The highest BCUT2D eigenvalue weighted by molar-refractivity contribution is 7.22. The number of benzene rings is 4. The lowest BCUT2D eigenvalue weighted by molar-refractivity contribution is -0.163. The highest BCUT2D eigenvalue weighted by Crippen LogP contribution is 2.53. The van der Waals surface area contributed by atoms with Crippen LogP contribution in [0.25, 0.3) is 31.8 Å². The molecule has 4 bridgehead atoms. The molecule has 62 heavy (non-hydrogen) atoms. The summed E-state index contributed by atoms with van der Waals surface area (Å²) in [5.41, 5.74) is 4.31. The van der Waals surface area contributed by atoms with E-state index in [0.717, 1.165) is 42.2 Å². The fourth-order valence-corrected chi connectivity index (χ4v) is 9.47. The number of halogens is 3. The predicted molar refractivity (Wildman–Crippen MR) is 243 cm³/mol. The fourth-order valence-electron chi connectivity index (χ4n) is 7.81. The molecule has 0 unspecified atom stereocenters. The number of nitrogens with zero attached hydrogens (tertiary/aromatic N) is 4. The molecule has 9 rings (SSSR count). The fraction of sp³-hybridized carbons (Fsp3) is 0.354. The first-order chi connectivity index (χ1) is 29.7. The monoisotopic (exact) mass is 898 g/mol. The normalized spacial score (nSPS) is 17.5. The summed E-state index contributed by atoms with van der Waals surface area (Å²) in [6.07, 6.45) is -0.247. The van der Waals surface area contributed by atoms with Gasteiger partial charge in [0.2, 0.25) is 12.0 Å². The smallest absolute Gasteiger partial charge is 0.348 e. The number of thiophene rings is 1. The number of carbonyl (C=O) groups is 1. The van der Waals surface area contributed by atoms with Crippen LogP contribution in [0.15, 0.2) is 79.1 Å². The van der Waals surface area contributed by atoms with Crippen molar-refractivity contribution in [3.8, 4) is 44.7 Å². The molecule has 0 radical (unpaired) electrons. The van der Waals surface area contributed by atoms with E-state index in [1.165, 1.54) is 29.8 Å². The van der Waals surface area contributed by atoms with Crippen LogP contribution in [-0.4, -0.2) is 89.9 Å². The van der Waals surface area contributed by atoms with Gasteiger partial charge < -0.3 is 28.6 Å². The predicted octanol–water partition coefficient (Wildman–Crippen LogP) is 10.4. The van der Waals surface area contributed by atoms with Crippen molar-refractivity contribution in [3.05, 3.63) is 117 Å². The first kappa shape index (κ1) is 43.7. The molecule has 4 aromatic carbocycles. The highest BCUT2D eigenvalue weighted by atomic mass is 35.5. The Morgan fingerprint density at radius 1 is 0.919 bits per heavy atom. The molecular weight excluding hydrogens is 851 g/mol. The van der Waals surface area contributed by atoms with Gasteiger partial charge in [0.25, 0.3) is 0 Å². The van der Waals surface area contributed by atoms with Crippen molar-refractivity contribution >= 4 is 50.7 Å². The summed E-state index contributed by atoms with van der Waals surface area (Å²) >= 11 is 16.1. The maximum absolute atomic E-state index is 14.4. The van der Waals surface area contributed by atoms with Crippen LogP contribution in [0, 0.1) is 19.7 Å². The van der Waals surface area contributed by atoms with Crippen molar-refractivity contribution in [2.45, 2.75) is 65.5 Å². The maximum Gasteiger partial charge on any atom is 0.348 e. The zero-order valence-electron chi connectivity index (χ0n) is 35.6. The molecule has 0 N–H and O–H groups in total. The van der Waals surface area contributed by atoms with Gasteiger partial charge in [-0.15, -0.1) is 11.3 Å². The molecule has 1 saturated heterocycles. The first-order valence-electron chi connectivity index (χ1n) is 20.6. The van der Waals surface area contributed by atoms with E-state index in [2.05, 4.69) is 21.8 Å². The number of rotatable bonds is 7. The Hall–Kier alpha value is -4.98. The molecule has 0 amide bonds. The number of carbonyl (C=O) groups excluding carboxylic acids is 1. The van der Waals surface area contributed by atoms with Crippen molar-refractivity contribution in [1.82, 2.24) is 19.8 Å². The van der Waals surface area contributed by atoms with E-state index in [-0.39, 0.29) is 24.7 Å². The Kier molecular flexibility index (Phi) is 13.0. The molecule has 2 aromatic heterocycles. The first-order valence-corrected chi connectivity index (χ1v) is 22.2. The van der Waals surface area contributed by atoms with Gasteiger partial charge in [-0.3, -0.25) is 4.90 Å². The number of esters is 1.